The molecule has 2 aromatic carbocycles. The fraction of sp³-hybridized carbons (Fsp3) is 0.222. The van der Waals surface area contributed by atoms with Crippen LogP contribution in [0.4, 0.5) is 5.69 Å². The van der Waals surface area contributed by atoms with E-state index < -0.39 is 5.92 Å². The Kier molecular flexibility index (Phi) is 5.07. The molecule has 2 aromatic rings. The molecule has 1 N–H and O–H groups in total. The number of carbonyl (C=O) groups is 2. The Bertz CT molecular complexity index is 765. The molecule has 24 heavy (non-hydrogen) atoms. The highest BCUT2D eigenvalue weighted by molar-refractivity contribution is 6.44. The molecular formula is C18H16Cl2N2O2. The van der Waals surface area contributed by atoms with Gasteiger partial charge in [-0.15, -0.1) is 0 Å². The molecule has 3 rings (SSSR count). The van der Waals surface area contributed by atoms with Crippen molar-refractivity contribution >= 4 is 40.7 Å². The van der Waals surface area contributed by atoms with E-state index in [0.717, 1.165) is 5.56 Å². The molecule has 0 radical (unpaired) electrons. The van der Waals surface area contributed by atoms with Gasteiger partial charge in [-0.25, -0.2) is 0 Å². The molecule has 1 atom stereocenters. The van der Waals surface area contributed by atoms with Crippen LogP contribution in [0.25, 0.3) is 0 Å². The van der Waals surface area contributed by atoms with Crippen molar-refractivity contribution in [2.75, 3.05) is 11.9 Å². The van der Waals surface area contributed by atoms with Gasteiger partial charge >= 0.3 is 0 Å². The van der Waals surface area contributed by atoms with Crippen LogP contribution in [0.5, 0.6) is 0 Å². The quantitative estimate of drug-likeness (QED) is 0.893. The van der Waals surface area contributed by atoms with Gasteiger partial charge in [0.05, 0.1) is 21.7 Å². The second-order valence-electron chi connectivity index (χ2n) is 5.75. The first-order chi connectivity index (χ1) is 11.5. The lowest BCUT2D eigenvalue weighted by Gasteiger charge is -2.17. The van der Waals surface area contributed by atoms with E-state index in [0.29, 0.717) is 28.8 Å². The van der Waals surface area contributed by atoms with Crippen LogP contribution >= 0.6 is 23.2 Å². The summed E-state index contributed by atoms with van der Waals surface area (Å²) in [5, 5.41) is 3.44. The average Bonchev–Trinajstić information content (AvgIpc) is 2.94. The molecule has 6 heteroatoms. The van der Waals surface area contributed by atoms with Crippen molar-refractivity contribution < 1.29 is 9.59 Å². The maximum Gasteiger partial charge on any atom is 0.229 e. The number of hydrogen-bond donors (Lipinski definition) is 1. The summed E-state index contributed by atoms with van der Waals surface area (Å²) in [6.45, 7) is 0.916. The number of likely N-dealkylation sites (tertiary alicyclic amines) is 1. The highest BCUT2D eigenvalue weighted by Gasteiger charge is 2.34. The van der Waals surface area contributed by atoms with Crippen LogP contribution in [0, 0.1) is 5.92 Å². The second kappa shape index (κ2) is 7.24. The van der Waals surface area contributed by atoms with Crippen LogP contribution in [-0.2, 0) is 16.1 Å². The van der Waals surface area contributed by atoms with Gasteiger partial charge in [-0.3, -0.25) is 9.59 Å². The molecule has 0 aromatic heterocycles. The van der Waals surface area contributed by atoms with Gasteiger partial charge in [0.1, 0.15) is 0 Å². The Hall–Kier alpha value is -2.04. The highest BCUT2D eigenvalue weighted by atomic mass is 35.5. The minimum absolute atomic E-state index is 0.0174. The van der Waals surface area contributed by atoms with Crippen molar-refractivity contribution in [3.8, 4) is 0 Å². The van der Waals surface area contributed by atoms with E-state index >= 15 is 0 Å². The van der Waals surface area contributed by atoms with Crippen LogP contribution in [0.1, 0.15) is 12.0 Å². The zero-order chi connectivity index (χ0) is 17.1. The van der Waals surface area contributed by atoms with Gasteiger partial charge < -0.3 is 10.2 Å². The molecule has 2 amide bonds. The van der Waals surface area contributed by atoms with Crippen LogP contribution < -0.4 is 5.32 Å². The molecule has 0 aliphatic carbocycles. The minimum Gasteiger partial charge on any atom is -0.338 e. The number of nitrogens with one attached hydrogen (secondary N) is 1. The smallest absolute Gasteiger partial charge is 0.229 e. The topological polar surface area (TPSA) is 49.4 Å². The molecule has 1 heterocycles. The number of carbonyl (C=O) groups excluding carboxylic acids is 2. The van der Waals surface area contributed by atoms with E-state index in [1.807, 2.05) is 30.3 Å². The van der Waals surface area contributed by atoms with Crippen molar-refractivity contribution in [1.82, 2.24) is 4.90 Å². The average molecular weight is 363 g/mol. The summed E-state index contributed by atoms with van der Waals surface area (Å²) in [6, 6.07) is 14.8. The lowest BCUT2D eigenvalue weighted by Crippen LogP contribution is -2.28. The Morgan fingerprint density at radius 3 is 2.62 bits per heavy atom. The van der Waals surface area contributed by atoms with Crippen LogP contribution in [0.3, 0.4) is 0 Å². The lowest BCUT2D eigenvalue weighted by molar-refractivity contribution is -0.128. The maximum atomic E-state index is 12.4. The first-order valence-corrected chi connectivity index (χ1v) is 8.37. The Morgan fingerprint density at radius 1 is 1.12 bits per heavy atom. The molecule has 0 spiro atoms. The summed E-state index contributed by atoms with van der Waals surface area (Å²) in [5.74, 6) is -0.629. The summed E-state index contributed by atoms with van der Waals surface area (Å²) in [5.41, 5.74) is 1.51. The normalized spacial score (nSPS) is 17.2. The van der Waals surface area contributed by atoms with E-state index in [1.54, 1.807) is 23.1 Å². The summed E-state index contributed by atoms with van der Waals surface area (Å²) in [7, 11) is 0. The minimum atomic E-state index is -0.392. The van der Waals surface area contributed by atoms with Crippen molar-refractivity contribution in [2.45, 2.75) is 13.0 Å². The fourth-order valence-corrected chi connectivity index (χ4v) is 3.09. The number of nitrogens with zero attached hydrogens (tertiary/aromatic N) is 1. The molecule has 0 saturated carbocycles. The second-order valence-corrected chi connectivity index (χ2v) is 6.54. The SMILES string of the molecule is O=C(Nc1cccc(Cl)c1Cl)C1CC(=O)N(Cc2ccccc2)C1. The molecule has 1 unspecified atom stereocenters. The number of amides is 2. The van der Waals surface area contributed by atoms with Crippen LogP contribution in [0.2, 0.25) is 10.0 Å². The number of benzene rings is 2. The Labute approximate surface area is 150 Å². The first kappa shape index (κ1) is 16.8. The standard InChI is InChI=1S/C18H16Cl2N2O2/c19-14-7-4-8-15(17(14)20)21-18(24)13-9-16(23)22(11-13)10-12-5-2-1-3-6-12/h1-8,13H,9-11H2,(H,21,24). The fourth-order valence-electron chi connectivity index (χ4n) is 2.74. The van der Waals surface area contributed by atoms with Gasteiger partial charge in [0.15, 0.2) is 0 Å². The number of halogens is 2. The van der Waals surface area contributed by atoms with Gasteiger partial charge in [-0.05, 0) is 17.7 Å². The molecule has 4 nitrogen and oxygen atoms in total. The molecule has 1 fully saturated rings. The number of anilines is 1. The molecule has 0 bridgehead atoms. The molecule has 1 aliphatic heterocycles. The number of rotatable bonds is 4. The Morgan fingerprint density at radius 2 is 1.88 bits per heavy atom. The molecule has 124 valence electrons. The highest BCUT2D eigenvalue weighted by Crippen LogP contribution is 2.30. The van der Waals surface area contributed by atoms with E-state index in [4.69, 9.17) is 23.2 Å². The monoisotopic (exact) mass is 362 g/mol. The summed E-state index contributed by atoms with van der Waals surface area (Å²) in [4.78, 5) is 26.3. The summed E-state index contributed by atoms with van der Waals surface area (Å²) >= 11 is 12.0. The zero-order valence-corrected chi connectivity index (χ0v) is 14.3. The zero-order valence-electron chi connectivity index (χ0n) is 12.8. The maximum absolute atomic E-state index is 12.4. The van der Waals surface area contributed by atoms with E-state index in [1.165, 1.54) is 0 Å². The summed E-state index contributed by atoms with van der Waals surface area (Å²) in [6.07, 6.45) is 0.205. The van der Waals surface area contributed by atoms with E-state index in [-0.39, 0.29) is 18.2 Å². The van der Waals surface area contributed by atoms with Gasteiger partial charge in [0, 0.05) is 19.5 Å². The third-order valence-corrected chi connectivity index (χ3v) is 4.83. The van der Waals surface area contributed by atoms with Crippen LogP contribution in [-0.4, -0.2) is 23.3 Å². The van der Waals surface area contributed by atoms with Gasteiger partial charge in [-0.1, -0.05) is 59.6 Å². The van der Waals surface area contributed by atoms with Crippen molar-refractivity contribution in [2.24, 2.45) is 5.92 Å². The van der Waals surface area contributed by atoms with Gasteiger partial charge in [-0.2, -0.15) is 0 Å². The third-order valence-electron chi connectivity index (χ3n) is 4.01. The predicted molar refractivity (Wildman–Crippen MR) is 95.1 cm³/mol. The van der Waals surface area contributed by atoms with Crippen molar-refractivity contribution in [1.29, 1.82) is 0 Å². The Balaban J connectivity index is 1.64. The van der Waals surface area contributed by atoms with Gasteiger partial charge in [0.2, 0.25) is 11.8 Å². The molecule has 1 aliphatic rings. The van der Waals surface area contributed by atoms with Crippen molar-refractivity contribution in [3.63, 3.8) is 0 Å². The summed E-state index contributed by atoms with van der Waals surface area (Å²) < 4.78 is 0. The van der Waals surface area contributed by atoms with Crippen molar-refractivity contribution in [3.05, 3.63) is 64.1 Å². The predicted octanol–water partition coefficient (Wildman–Crippen LogP) is 3.98. The molecule has 1 saturated heterocycles. The van der Waals surface area contributed by atoms with E-state index in [9.17, 15) is 9.59 Å². The molecular weight excluding hydrogens is 347 g/mol. The van der Waals surface area contributed by atoms with Gasteiger partial charge in [0.25, 0.3) is 0 Å². The first-order valence-electron chi connectivity index (χ1n) is 7.61. The third kappa shape index (κ3) is 3.71. The van der Waals surface area contributed by atoms with Crippen LogP contribution in [0.15, 0.2) is 48.5 Å². The lowest BCUT2D eigenvalue weighted by atomic mass is 10.1. The number of hydrogen-bond acceptors (Lipinski definition) is 2. The van der Waals surface area contributed by atoms with E-state index in [2.05, 4.69) is 5.32 Å². The largest absolute Gasteiger partial charge is 0.338 e.